The first-order valence-corrected chi connectivity index (χ1v) is 28.5. The van der Waals surface area contributed by atoms with Gasteiger partial charge in [-0.05, 0) is 83.1 Å². The summed E-state index contributed by atoms with van der Waals surface area (Å²) < 4.78 is 30.5. The van der Waals surface area contributed by atoms with Gasteiger partial charge < -0.3 is 19.4 Å². The zero-order chi connectivity index (χ0) is 48.0. The van der Waals surface area contributed by atoms with Crippen LogP contribution in [0.1, 0.15) is 239 Å². The Labute approximate surface area is 401 Å². The van der Waals surface area contributed by atoms with Crippen molar-refractivity contribution in [2.24, 2.45) is 0 Å². The first kappa shape index (κ1) is 63.0. The average molecular weight is 936 g/mol. The number of phosphoric acid groups is 1. The van der Waals surface area contributed by atoms with E-state index in [1.807, 2.05) is 33.3 Å². The first-order chi connectivity index (χ1) is 31.4. The van der Waals surface area contributed by atoms with E-state index in [0.29, 0.717) is 17.4 Å². The molecule has 0 rings (SSSR count). The molecule has 0 aromatic rings. The fourth-order valence-corrected chi connectivity index (χ4v) is 8.21. The van der Waals surface area contributed by atoms with Crippen LogP contribution in [0.2, 0.25) is 0 Å². The Kier molecular flexibility index (Phi) is 44.3. The molecule has 0 radical (unpaired) electrons. The lowest BCUT2D eigenvalue weighted by molar-refractivity contribution is -0.870. The van der Waals surface area contributed by atoms with Crippen LogP contribution in [0, 0.1) is 0 Å². The molecule has 0 aromatic carbocycles. The largest absolute Gasteiger partial charge is 0.472 e. The van der Waals surface area contributed by atoms with Crippen LogP contribution in [0.3, 0.4) is 0 Å². The van der Waals surface area contributed by atoms with Crippen molar-refractivity contribution in [3.63, 3.8) is 0 Å². The third-order valence-electron chi connectivity index (χ3n) is 11.7. The maximum Gasteiger partial charge on any atom is 0.472 e. The zero-order valence-electron chi connectivity index (χ0n) is 43.2. The number of likely N-dealkylation sites (N-methyl/N-ethyl adjacent to an activating group) is 1. The predicted octanol–water partition coefficient (Wildman–Crippen LogP) is 15.8. The number of carbonyl (C=O) groups excluding carboxylic acids is 2. The number of quaternary nitrogens is 1. The molecule has 3 unspecified atom stereocenters. The number of amides is 1. The molecule has 0 saturated heterocycles. The molecule has 9 nitrogen and oxygen atoms in total. The monoisotopic (exact) mass is 936 g/mol. The van der Waals surface area contributed by atoms with Gasteiger partial charge in [-0.25, -0.2) is 4.57 Å². The Bertz CT molecular complexity index is 1260. The number of esters is 1. The minimum absolute atomic E-state index is 0.0369. The average Bonchev–Trinajstić information content (AvgIpc) is 3.26. The number of carbonyl (C=O) groups is 2. The topological polar surface area (TPSA) is 111 Å². The Morgan fingerprint density at radius 1 is 0.538 bits per heavy atom. The van der Waals surface area contributed by atoms with Crippen LogP contribution in [-0.2, 0) is 27.9 Å². The molecule has 65 heavy (non-hydrogen) atoms. The number of phosphoric ester groups is 1. The number of unbranched alkanes of at least 4 members (excludes halogenated alkanes) is 26. The highest BCUT2D eigenvalue weighted by Crippen LogP contribution is 2.43. The summed E-state index contributed by atoms with van der Waals surface area (Å²) in [6.45, 7) is 6.92. The zero-order valence-corrected chi connectivity index (χ0v) is 44.1. The Morgan fingerprint density at radius 3 is 1.48 bits per heavy atom. The molecule has 0 fully saturated rings. The molecular formula is C55H104N2O7P+. The van der Waals surface area contributed by atoms with Crippen molar-refractivity contribution in [3.8, 4) is 0 Å². The fraction of sp³-hybridized carbons (Fsp3) is 0.818. The van der Waals surface area contributed by atoms with E-state index < -0.39 is 20.0 Å². The van der Waals surface area contributed by atoms with E-state index in [0.717, 1.165) is 103 Å². The standard InChI is InChI=1S/C55H103N2O7P/c1-7-10-13-16-19-22-25-26-27-28-29-30-33-35-38-41-44-47-54(58)56-52(51-63-65(60,61)62-50-49-57(4,5)6)53(46-43-40-37-34-31-23-20-17-14-11-8-2)64-55(59)48-45-42-39-36-32-24-21-18-15-12-9-3/h18-19,21-22,26-27,43,46,52-53H,7-17,20,23-25,28-42,44-45,47-51H2,1-6H3,(H-,56,58,60,61)/p+1/b21-18-,22-19-,27-26-,46-43-. The molecule has 10 heteroatoms. The van der Waals surface area contributed by atoms with Crippen molar-refractivity contribution < 1.29 is 37.3 Å². The summed E-state index contributed by atoms with van der Waals surface area (Å²) in [5.41, 5.74) is 0. The SMILES string of the molecule is CCCC/C=C\CCCCCCCC(=O)OC(/C=C\CCCCCCCCCCC)C(COP(=O)(O)OCC[N+](C)(C)C)NC(=O)CCCCCCCCC/C=C\C/C=C\CCCCC. The van der Waals surface area contributed by atoms with Gasteiger partial charge in [0.15, 0.2) is 0 Å². The molecule has 0 saturated carbocycles. The Hall–Kier alpha value is -2.03. The minimum Gasteiger partial charge on any atom is -0.456 e. The van der Waals surface area contributed by atoms with Crippen molar-refractivity contribution in [1.29, 1.82) is 0 Å². The number of nitrogens with zero attached hydrogens (tertiary/aromatic N) is 1. The van der Waals surface area contributed by atoms with Gasteiger partial charge in [-0.15, -0.1) is 0 Å². The van der Waals surface area contributed by atoms with E-state index in [1.54, 1.807) is 0 Å². The van der Waals surface area contributed by atoms with Gasteiger partial charge in [-0.3, -0.25) is 18.6 Å². The smallest absolute Gasteiger partial charge is 0.456 e. The molecule has 0 aliphatic carbocycles. The van der Waals surface area contributed by atoms with Crippen LogP contribution in [-0.4, -0.2) is 74.3 Å². The summed E-state index contributed by atoms with van der Waals surface area (Å²) in [4.78, 5) is 37.4. The number of rotatable bonds is 48. The van der Waals surface area contributed by atoms with Crippen LogP contribution in [0.4, 0.5) is 0 Å². The number of allylic oxidation sites excluding steroid dienone is 7. The quantitative estimate of drug-likeness (QED) is 0.0205. The number of hydrogen-bond donors (Lipinski definition) is 2. The lowest BCUT2D eigenvalue weighted by atomic mass is 10.1. The maximum absolute atomic E-state index is 13.4. The Balaban J connectivity index is 5.36. The molecule has 0 aliphatic rings. The second-order valence-corrected chi connectivity index (χ2v) is 20.8. The third kappa shape index (κ3) is 46.9. The summed E-state index contributed by atoms with van der Waals surface area (Å²) in [7, 11) is 1.48. The van der Waals surface area contributed by atoms with Gasteiger partial charge in [0.1, 0.15) is 19.3 Å². The summed E-state index contributed by atoms with van der Waals surface area (Å²) >= 11 is 0. The first-order valence-electron chi connectivity index (χ1n) is 27.0. The van der Waals surface area contributed by atoms with Crippen LogP contribution in [0.25, 0.3) is 0 Å². The van der Waals surface area contributed by atoms with Crippen molar-refractivity contribution in [3.05, 3.63) is 48.6 Å². The fourth-order valence-electron chi connectivity index (χ4n) is 7.48. The van der Waals surface area contributed by atoms with Crippen molar-refractivity contribution in [2.45, 2.75) is 251 Å². The number of ether oxygens (including phenoxy) is 1. The molecule has 2 N–H and O–H groups in total. The molecule has 0 aliphatic heterocycles. The van der Waals surface area contributed by atoms with E-state index in [4.69, 9.17) is 13.8 Å². The summed E-state index contributed by atoms with van der Waals surface area (Å²) in [6.07, 6.45) is 53.9. The second-order valence-electron chi connectivity index (χ2n) is 19.4. The lowest BCUT2D eigenvalue weighted by Gasteiger charge is -2.27. The van der Waals surface area contributed by atoms with Crippen molar-refractivity contribution in [1.82, 2.24) is 5.32 Å². The molecule has 0 aromatic heterocycles. The minimum atomic E-state index is -4.44. The van der Waals surface area contributed by atoms with Gasteiger partial charge in [-0.1, -0.05) is 192 Å². The van der Waals surface area contributed by atoms with Crippen molar-refractivity contribution >= 4 is 19.7 Å². The summed E-state index contributed by atoms with van der Waals surface area (Å²) in [5, 5.41) is 3.03. The van der Waals surface area contributed by atoms with Crippen LogP contribution in [0.15, 0.2) is 48.6 Å². The third-order valence-corrected chi connectivity index (χ3v) is 12.7. The van der Waals surface area contributed by atoms with Gasteiger partial charge in [0.2, 0.25) is 5.91 Å². The molecule has 0 heterocycles. The van der Waals surface area contributed by atoms with Crippen LogP contribution in [0.5, 0.6) is 0 Å². The van der Waals surface area contributed by atoms with E-state index in [1.165, 1.54) is 103 Å². The number of hydrogen-bond acceptors (Lipinski definition) is 6. The van der Waals surface area contributed by atoms with E-state index >= 15 is 0 Å². The van der Waals surface area contributed by atoms with E-state index in [-0.39, 0.29) is 31.5 Å². The van der Waals surface area contributed by atoms with E-state index in [9.17, 15) is 19.0 Å². The highest BCUT2D eigenvalue weighted by molar-refractivity contribution is 7.47. The lowest BCUT2D eigenvalue weighted by Crippen LogP contribution is -2.47. The second kappa shape index (κ2) is 45.7. The highest BCUT2D eigenvalue weighted by Gasteiger charge is 2.30. The molecule has 0 spiro atoms. The van der Waals surface area contributed by atoms with Gasteiger partial charge in [0.25, 0.3) is 0 Å². The van der Waals surface area contributed by atoms with Crippen LogP contribution >= 0.6 is 7.82 Å². The normalized spacial score (nSPS) is 14.3. The molecule has 0 bridgehead atoms. The molecule has 3 atom stereocenters. The predicted molar refractivity (Wildman–Crippen MR) is 277 cm³/mol. The molecule has 380 valence electrons. The van der Waals surface area contributed by atoms with E-state index in [2.05, 4.69) is 62.5 Å². The van der Waals surface area contributed by atoms with Gasteiger partial charge in [0, 0.05) is 12.8 Å². The van der Waals surface area contributed by atoms with Crippen LogP contribution < -0.4 is 5.32 Å². The van der Waals surface area contributed by atoms with Gasteiger partial charge >= 0.3 is 13.8 Å². The maximum atomic E-state index is 13.4. The Morgan fingerprint density at radius 2 is 0.954 bits per heavy atom. The van der Waals surface area contributed by atoms with Gasteiger partial charge in [0.05, 0.1) is 33.8 Å². The summed E-state index contributed by atoms with van der Waals surface area (Å²) in [5.74, 6) is -0.526. The highest BCUT2D eigenvalue weighted by atomic mass is 31.2. The number of nitrogens with one attached hydrogen (secondary N) is 1. The molecule has 1 amide bonds. The summed E-state index contributed by atoms with van der Waals surface area (Å²) in [6, 6.07) is -0.852. The molecular weight excluding hydrogens is 832 g/mol. The van der Waals surface area contributed by atoms with Crippen molar-refractivity contribution in [2.75, 3.05) is 40.9 Å². The van der Waals surface area contributed by atoms with Gasteiger partial charge in [-0.2, -0.15) is 0 Å².